The zero-order valence-electron chi connectivity index (χ0n) is 12.9. The van der Waals surface area contributed by atoms with E-state index in [0.717, 1.165) is 28.3 Å². The van der Waals surface area contributed by atoms with Gasteiger partial charge in [0.25, 0.3) is 0 Å². The van der Waals surface area contributed by atoms with E-state index in [1.54, 1.807) is 14.2 Å². The van der Waals surface area contributed by atoms with E-state index in [1.165, 1.54) is 0 Å². The minimum atomic E-state index is 0.491. The third kappa shape index (κ3) is 3.60. The molecule has 0 aromatic heterocycles. The van der Waals surface area contributed by atoms with E-state index in [9.17, 15) is 0 Å². The largest absolute Gasteiger partial charge is 0.493 e. The van der Waals surface area contributed by atoms with Crippen LogP contribution >= 0.6 is 0 Å². The number of nitrogens with one attached hydrogen (secondary N) is 1. The van der Waals surface area contributed by atoms with Crippen LogP contribution in [0.2, 0.25) is 0 Å². The summed E-state index contributed by atoms with van der Waals surface area (Å²) in [7, 11) is 5.16. The van der Waals surface area contributed by atoms with E-state index in [0.29, 0.717) is 12.4 Å². The van der Waals surface area contributed by atoms with Crippen LogP contribution in [-0.4, -0.2) is 21.3 Å². The summed E-state index contributed by atoms with van der Waals surface area (Å²) in [5, 5.41) is 3.08. The molecule has 0 fully saturated rings. The summed E-state index contributed by atoms with van der Waals surface area (Å²) in [5.41, 5.74) is 3.24. The highest BCUT2D eigenvalue weighted by atomic mass is 16.5. The monoisotopic (exact) mass is 287 g/mol. The maximum absolute atomic E-state index is 5.82. The van der Waals surface area contributed by atoms with Gasteiger partial charge in [0.05, 0.1) is 14.2 Å². The van der Waals surface area contributed by atoms with Crippen LogP contribution in [0.25, 0.3) is 0 Å². The van der Waals surface area contributed by atoms with Gasteiger partial charge in [0.2, 0.25) is 0 Å². The van der Waals surface area contributed by atoms with Crippen molar-refractivity contribution >= 4 is 5.69 Å². The van der Waals surface area contributed by atoms with Crippen molar-refractivity contribution in [2.24, 2.45) is 0 Å². The Morgan fingerprint density at radius 2 is 1.57 bits per heavy atom. The lowest BCUT2D eigenvalue weighted by Gasteiger charge is -2.13. The highest BCUT2D eigenvalue weighted by Gasteiger charge is 2.09. The molecule has 4 nitrogen and oxygen atoms in total. The molecule has 2 rings (SSSR count). The Morgan fingerprint density at radius 1 is 0.952 bits per heavy atom. The molecule has 0 heterocycles. The number of aryl methyl sites for hydroxylation is 1. The standard InChI is InChI=1S/C17H21NO3/c1-12-9-16(19-3)17(20-4)10-13(12)11-21-15-7-5-14(18-2)6-8-15/h5-10,18H,11H2,1-4H3. The molecule has 1 N–H and O–H groups in total. The quantitative estimate of drug-likeness (QED) is 0.880. The summed E-state index contributed by atoms with van der Waals surface area (Å²) in [6.45, 7) is 2.52. The van der Waals surface area contributed by atoms with Crippen molar-refractivity contribution < 1.29 is 14.2 Å². The molecule has 0 atom stereocenters. The Labute approximate surface area is 125 Å². The summed E-state index contributed by atoms with van der Waals surface area (Å²) in [5.74, 6) is 2.28. The second-order valence-electron chi connectivity index (χ2n) is 4.70. The van der Waals surface area contributed by atoms with Gasteiger partial charge >= 0.3 is 0 Å². The highest BCUT2D eigenvalue weighted by molar-refractivity contribution is 5.48. The fraction of sp³-hybridized carbons (Fsp3) is 0.294. The first kappa shape index (κ1) is 15.0. The van der Waals surface area contributed by atoms with E-state index in [4.69, 9.17) is 14.2 Å². The van der Waals surface area contributed by atoms with Crippen molar-refractivity contribution in [3.63, 3.8) is 0 Å². The lowest BCUT2D eigenvalue weighted by atomic mass is 10.1. The molecule has 112 valence electrons. The SMILES string of the molecule is CNc1ccc(OCc2cc(OC)c(OC)cc2C)cc1. The Kier molecular flexibility index (Phi) is 4.93. The smallest absolute Gasteiger partial charge is 0.161 e. The third-order valence-corrected chi connectivity index (χ3v) is 3.38. The lowest BCUT2D eigenvalue weighted by molar-refractivity contribution is 0.303. The van der Waals surface area contributed by atoms with E-state index in [1.807, 2.05) is 50.4 Å². The number of anilines is 1. The van der Waals surface area contributed by atoms with Crippen molar-refractivity contribution in [3.05, 3.63) is 47.5 Å². The van der Waals surface area contributed by atoms with Gasteiger partial charge in [0.15, 0.2) is 11.5 Å². The fourth-order valence-corrected chi connectivity index (χ4v) is 2.06. The number of ether oxygens (including phenoxy) is 3. The van der Waals surface area contributed by atoms with Gasteiger partial charge in [-0.3, -0.25) is 0 Å². The summed E-state index contributed by atoms with van der Waals surface area (Å²) in [4.78, 5) is 0. The van der Waals surface area contributed by atoms with Crippen molar-refractivity contribution in [3.8, 4) is 17.2 Å². The van der Waals surface area contributed by atoms with Gasteiger partial charge < -0.3 is 19.5 Å². The van der Waals surface area contributed by atoms with Crippen LogP contribution in [0, 0.1) is 6.92 Å². The summed E-state index contributed by atoms with van der Waals surface area (Å²) in [6, 6.07) is 11.8. The van der Waals surface area contributed by atoms with Crippen LogP contribution in [0.3, 0.4) is 0 Å². The van der Waals surface area contributed by atoms with Gasteiger partial charge in [-0.25, -0.2) is 0 Å². The van der Waals surface area contributed by atoms with E-state index < -0.39 is 0 Å². The minimum Gasteiger partial charge on any atom is -0.493 e. The maximum Gasteiger partial charge on any atom is 0.161 e. The number of rotatable bonds is 6. The third-order valence-electron chi connectivity index (χ3n) is 3.38. The first-order valence-electron chi connectivity index (χ1n) is 6.80. The van der Waals surface area contributed by atoms with Crippen LogP contribution in [0.1, 0.15) is 11.1 Å². The molecular weight excluding hydrogens is 266 g/mol. The van der Waals surface area contributed by atoms with Gasteiger partial charge in [0.1, 0.15) is 12.4 Å². The van der Waals surface area contributed by atoms with Crippen molar-refractivity contribution in [2.75, 3.05) is 26.6 Å². The van der Waals surface area contributed by atoms with Gasteiger partial charge in [-0.05, 0) is 54.4 Å². The van der Waals surface area contributed by atoms with Crippen molar-refractivity contribution in [1.29, 1.82) is 0 Å². The predicted molar refractivity (Wildman–Crippen MR) is 84.6 cm³/mol. The van der Waals surface area contributed by atoms with E-state index in [2.05, 4.69) is 5.32 Å². The first-order chi connectivity index (χ1) is 10.2. The Bertz CT molecular complexity index is 594. The van der Waals surface area contributed by atoms with E-state index in [-0.39, 0.29) is 0 Å². The molecule has 0 bridgehead atoms. The number of benzene rings is 2. The number of methoxy groups -OCH3 is 2. The highest BCUT2D eigenvalue weighted by Crippen LogP contribution is 2.30. The fourth-order valence-electron chi connectivity index (χ4n) is 2.06. The van der Waals surface area contributed by atoms with Gasteiger partial charge in [-0.1, -0.05) is 0 Å². The predicted octanol–water partition coefficient (Wildman–Crippen LogP) is 3.63. The molecule has 0 aliphatic heterocycles. The summed E-state index contributed by atoms with van der Waals surface area (Å²) in [6.07, 6.45) is 0. The molecule has 0 amide bonds. The van der Waals surface area contributed by atoms with Gasteiger partial charge in [-0.2, -0.15) is 0 Å². The molecule has 4 heteroatoms. The molecule has 0 unspecified atom stereocenters. The Hall–Kier alpha value is -2.36. The minimum absolute atomic E-state index is 0.491. The molecular formula is C17H21NO3. The second kappa shape index (κ2) is 6.88. The van der Waals surface area contributed by atoms with E-state index >= 15 is 0 Å². The first-order valence-corrected chi connectivity index (χ1v) is 6.80. The van der Waals surface area contributed by atoms with Crippen LogP contribution in [0.15, 0.2) is 36.4 Å². The second-order valence-corrected chi connectivity index (χ2v) is 4.70. The van der Waals surface area contributed by atoms with Crippen LogP contribution in [-0.2, 0) is 6.61 Å². The summed E-state index contributed by atoms with van der Waals surface area (Å²) < 4.78 is 16.4. The molecule has 0 aliphatic carbocycles. The molecule has 2 aromatic rings. The molecule has 2 aromatic carbocycles. The lowest BCUT2D eigenvalue weighted by Crippen LogP contribution is -2.00. The topological polar surface area (TPSA) is 39.7 Å². The van der Waals surface area contributed by atoms with Crippen LogP contribution in [0.5, 0.6) is 17.2 Å². The average Bonchev–Trinajstić information content (AvgIpc) is 2.53. The molecule has 0 saturated heterocycles. The Morgan fingerprint density at radius 3 is 2.14 bits per heavy atom. The zero-order chi connectivity index (χ0) is 15.2. The maximum atomic E-state index is 5.82. The van der Waals surface area contributed by atoms with Gasteiger partial charge in [-0.15, -0.1) is 0 Å². The van der Waals surface area contributed by atoms with Gasteiger partial charge in [0, 0.05) is 12.7 Å². The summed E-state index contributed by atoms with van der Waals surface area (Å²) >= 11 is 0. The molecule has 0 spiro atoms. The van der Waals surface area contributed by atoms with Crippen LogP contribution in [0.4, 0.5) is 5.69 Å². The van der Waals surface area contributed by atoms with Crippen molar-refractivity contribution in [1.82, 2.24) is 0 Å². The normalized spacial score (nSPS) is 10.1. The number of hydrogen-bond acceptors (Lipinski definition) is 4. The van der Waals surface area contributed by atoms with Crippen molar-refractivity contribution in [2.45, 2.75) is 13.5 Å². The van der Waals surface area contributed by atoms with Crippen LogP contribution < -0.4 is 19.5 Å². The molecule has 0 saturated carbocycles. The molecule has 21 heavy (non-hydrogen) atoms. The molecule has 0 radical (unpaired) electrons. The zero-order valence-corrected chi connectivity index (χ0v) is 12.9. The average molecular weight is 287 g/mol. The number of hydrogen-bond donors (Lipinski definition) is 1. The molecule has 0 aliphatic rings. The Balaban J connectivity index is 2.11.